The Kier molecular flexibility index (Phi) is 6.02. The Morgan fingerprint density at radius 3 is 2.69 bits per heavy atom. The predicted molar refractivity (Wildman–Crippen MR) is 105 cm³/mol. The minimum Gasteiger partial charge on any atom is -0.496 e. The van der Waals surface area contributed by atoms with E-state index in [9.17, 15) is 4.79 Å². The van der Waals surface area contributed by atoms with E-state index in [2.05, 4.69) is 41.5 Å². The van der Waals surface area contributed by atoms with Crippen LogP contribution >= 0.6 is 0 Å². The van der Waals surface area contributed by atoms with E-state index in [4.69, 9.17) is 4.74 Å². The third-order valence-electron chi connectivity index (χ3n) is 6.16. The fourth-order valence-electron chi connectivity index (χ4n) is 4.49. The molecular weight excluding hydrogens is 324 g/mol. The zero-order valence-corrected chi connectivity index (χ0v) is 16.3. The number of carbonyl (C=O) groups is 1. The van der Waals surface area contributed by atoms with Crippen molar-refractivity contribution >= 4 is 5.91 Å². The molecule has 1 amide bonds. The molecule has 2 heterocycles. The maximum atomic E-state index is 12.0. The molecule has 2 aliphatic rings. The summed E-state index contributed by atoms with van der Waals surface area (Å²) in [7, 11) is 1.72. The average Bonchev–Trinajstić information content (AvgIpc) is 2.66. The van der Waals surface area contributed by atoms with Crippen molar-refractivity contribution < 1.29 is 9.53 Å². The molecule has 0 saturated carbocycles. The molecule has 2 saturated heterocycles. The first kappa shape index (κ1) is 19.0. The van der Waals surface area contributed by atoms with Gasteiger partial charge in [0.2, 0.25) is 5.91 Å². The van der Waals surface area contributed by atoms with Crippen LogP contribution in [-0.4, -0.2) is 49.0 Å². The largest absolute Gasteiger partial charge is 0.496 e. The van der Waals surface area contributed by atoms with E-state index >= 15 is 0 Å². The van der Waals surface area contributed by atoms with Crippen LogP contribution in [0, 0.1) is 5.41 Å². The van der Waals surface area contributed by atoms with Gasteiger partial charge in [0.15, 0.2) is 0 Å². The molecule has 2 aliphatic heterocycles. The molecule has 1 aromatic rings. The second kappa shape index (κ2) is 8.26. The normalized spacial score (nSPS) is 20.4. The van der Waals surface area contributed by atoms with Gasteiger partial charge in [-0.3, -0.25) is 9.69 Å². The number of hydrogen-bond acceptors (Lipinski definition) is 3. The van der Waals surface area contributed by atoms with Crippen LogP contribution in [0.25, 0.3) is 0 Å². The van der Waals surface area contributed by atoms with Gasteiger partial charge in [-0.15, -0.1) is 6.58 Å². The van der Waals surface area contributed by atoms with Crippen LogP contribution in [0.3, 0.4) is 0 Å². The Morgan fingerprint density at radius 2 is 2.04 bits per heavy atom. The molecular formula is C22H32N2O2. The summed E-state index contributed by atoms with van der Waals surface area (Å²) in [5, 5.41) is 0. The van der Waals surface area contributed by atoms with E-state index in [1.54, 1.807) is 7.11 Å². The highest BCUT2D eigenvalue weighted by atomic mass is 16.5. The summed E-state index contributed by atoms with van der Waals surface area (Å²) < 4.78 is 5.45. The van der Waals surface area contributed by atoms with E-state index in [1.165, 1.54) is 24.0 Å². The van der Waals surface area contributed by atoms with Gasteiger partial charge in [0.05, 0.1) is 7.11 Å². The molecule has 0 atom stereocenters. The van der Waals surface area contributed by atoms with E-state index in [0.717, 1.165) is 57.7 Å². The van der Waals surface area contributed by atoms with E-state index < -0.39 is 0 Å². The summed E-state index contributed by atoms with van der Waals surface area (Å²) >= 11 is 0. The number of rotatable bonds is 6. The van der Waals surface area contributed by atoms with Crippen molar-refractivity contribution in [3.63, 3.8) is 0 Å². The molecule has 142 valence electrons. The summed E-state index contributed by atoms with van der Waals surface area (Å²) in [5.74, 6) is 1.28. The molecule has 3 rings (SSSR count). The minimum atomic E-state index is 0.341. The monoisotopic (exact) mass is 356 g/mol. The third kappa shape index (κ3) is 4.12. The van der Waals surface area contributed by atoms with Crippen molar-refractivity contribution in [3.8, 4) is 5.75 Å². The highest BCUT2D eigenvalue weighted by Crippen LogP contribution is 2.40. The molecule has 0 aromatic heterocycles. The first-order chi connectivity index (χ1) is 12.6. The molecule has 26 heavy (non-hydrogen) atoms. The van der Waals surface area contributed by atoms with Gasteiger partial charge in [-0.1, -0.05) is 18.2 Å². The summed E-state index contributed by atoms with van der Waals surface area (Å²) in [5.41, 5.74) is 2.90. The molecule has 2 fully saturated rings. The Hall–Kier alpha value is -1.81. The van der Waals surface area contributed by atoms with E-state index in [0.29, 0.717) is 11.3 Å². The lowest BCUT2D eigenvalue weighted by molar-refractivity contribution is -0.138. The van der Waals surface area contributed by atoms with Crippen molar-refractivity contribution in [2.24, 2.45) is 5.41 Å². The van der Waals surface area contributed by atoms with Gasteiger partial charge in [-0.05, 0) is 68.3 Å². The topological polar surface area (TPSA) is 32.8 Å². The first-order valence-electron chi connectivity index (χ1n) is 9.86. The molecule has 0 N–H and O–H groups in total. The van der Waals surface area contributed by atoms with Crippen LogP contribution in [0.1, 0.15) is 43.7 Å². The fraction of sp³-hybridized carbons (Fsp3) is 0.591. The lowest BCUT2D eigenvalue weighted by Crippen LogP contribution is -2.51. The van der Waals surface area contributed by atoms with Gasteiger partial charge >= 0.3 is 0 Å². The van der Waals surface area contributed by atoms with Crippen molar-refractivity contribution in [1.29, 1.82) is 0 Å². The molecule has 0 unspecified atom stereocenters. The first-order valence-corrected chi connectivity index (χ1v) is 9.86. The van der Waals surface area contributed by atoms with Gasteiger partial charge in [0.1, 0.15) is 5.75 Å². The summed E-state index contributed by atoms with van der Waals surface area (Å²) in [6, 6.07) is 6.50. The number of benzene rings is 1. The van der Waals surface area contributed by atoms with Crippen molar-refractivity contribution in [1.82, 2.24) is 9.80 Å². The van der Waals surface area contributed by atoms with E-state index in [1.807, 2.05) is 6.08 Å². The minimum absolute atomic E-state index is 0.341. The lowest BCUT2D eigenvalue weighted by Gasteiger charge is -2.47. The molecule has 0 aliphatic carbocycles. The SMILES string of the molecule is C=CCc1cc(CN2CCC3(CCC(=O)N(CC)C3)CC2)ccc1OC. The summed E-state index contributed by atoms with van der Waals surface area (Å²) in [6.07, 6.45) is 6.97. The number of methoxy groups -OCH3 is 1. The molecule has 4 nitrogen and oxygen atoms in total. The predicted octanol–water partition coefficient (Wildman–Crippen LogP) is 3.65. The summed E-state index contributed by atoms with van der Waals surface area (Å²) in [4.78, 5) is 16.6. The zero-order valence-electron chi connectivity index (χ0n) is 16.3. The second-order valence-electron chi connectivity index (χ2n) is 7.82. The van der Waals surface area contributed by atoms with E-state index in [-0.39, 0.29) is 0 Å². The van der Waals surface area contributed by atoms with Crippen molar-refractivity contribution in [2.75, 3.05) is 33.3 Å². The van der Waals surface area contributed by atoms with Gasteiger partial charge < -0.3 is 9.64 Å². The Bertz CT molecular complexity index is 648. The third-order valence-corrected chi connectivity index (χ3v) is 6.16. The number of allylic oxidation sites excluding steroid dienone is 1. The highest BCUT2D eigenvalue weighted by molar-refractivity contribution is 5.77. The van der Waals surface area contributed by atoms with Crippen LogP contribution in [0.4, 0.5) is 0 Å². The Labute approximate surface area is 157 Å². The Morgan fingerprint density at radius 1 is 1.27 bits per heavy atom. The molecule has 1 spiro atoms. The van der Waals surface area contributed by atoms with Crippen LogP contribution in [0.5, 0.6) is 5.75 Å². The lowest BCUT2D eigenvalue weighted by atomic mass is 9.72. The van der Waals surface area contributed by atoms with Gasteiger partial charge in [-0.2, -0.15) is 0 Å². The standard InChI is InChI=1S/C22H32N2O2/c1-4-6-19-15-18(7-8-20(19)26-3)16-23-13-11-22(12-14-23)10-9-21(25)24(5-2)17-22/h4,7-8,15H,1,5-6,9-14,16-17H2,2-3H3. The second-order valence-corrected chi connectivity index (χ2v) is 7.82. The van der Waals surface area contributed by atoms with Gasteiger partial charge in [0, 0.05) is 26.1 Å². The van der Waals surface area contributed by atoms with Crippen LogP contribution in [0.2, 0.25) is 0 Å². The van der Waals surface area contributed by atoms with Gasteiger partial charge in [-0.25, -0.2) is 0 Å². The molecule has 1 aromatic carbocycles. The number of ether oxygens (including phenoxy) is 1. The number of likely N-dealkylation sites (tertiary alicyclic amines) is 2. The smallest absolute Gasteiger partial charge is 0.222 e. The van der Waals surface area contributed by atoms with Gasteiger partial charge in [0.25, 0.3) is 0 Å². The summed E-state index contributed by atoms with van der Waals surface area (Å²) in [6.45, 7) is 11.0. The number of carbonyl (C=O) groups excluding carboxylic acids is 1. The average molecular weight is 357 g/mol. The van der Waals surface area contributed by atoms with Crippen molar-refractivity contribution in [3.05, 3.63) is 42.0 Å². The molecule has 0 bridgehead atoms. The quantitative estimate of drug-likeness (QED) is 0.730. The number of hydrogen-bond donors (Lipinski definition) is 0. The Balaban J connectivity index is 1.60. The van der Waals surface area contributed by atoms with Crippen LogP contribution < -0.4 is 4.74 Å². The van der Waals surface area contributed by atoms with Crippen molar-refractivity contribution in [2.45, 2.75) is 45.6 Å². The van der Waals surface area contributed by atoms with Crippen LogP contribution in [-0.2, 0) is 17.8 Å². The maximum absolute atomic E-state index is 12.0. The number of amides is 1. The molecule has 0 radical (unpaired) electrons. The number of nitrogens with zero attached hydrogens (tertiary/aromatic N) is 2. The molecule has 4 heteroatoms. The van der Waals surface area contributed by atoms with Crippen LogP contribution in [0.15, 0.2) is 30.9 Å². The zero-order chi connectivity index (χ0) is 18.6. The maximum Gasteiger partial charge on any atom is 0.222 e. The highest BCUT2D eigenvalue weighted by Gasteiger charge is 2.40. The fourth-order valence-corrected chi connectivity index (χ4v) is 4.49. The number of piperidine rings is 2.